The monoisotopic (exact) mass is 317 g/mol. The number of anilines is 1. The van der Waals surface area contributed by atoms with Crippen molar-refractivity contribution in [1.29, 1.82) is 0 Å². The largest absolute Gasteiger partial charge is 0.481 e. The van der Waals surface area contributed by atoms with Gasteiger partial charge in [-0.1, -0.05) is 54.1 Å². The van der Waals surface area contributed by atoms with Gasteiger partial charge >= 0.3 is 5.97 Å². The van der Waals surface area contributed by atoms with E-state index >= 15 is 0 Å². The molecule has 0 aromatic heterocycles. The van der Waals surface area contributed by atoms with E-state index in [0.717, 1.165) is 0 Å². The van der Waals surface area contributed by atoms with Crippen LogP contribution in [0.15, 0.2) is 54.6 Å². The summed E-state index contributed by atoms with van der Waals surface area (Å²) >= 11 is 5.99. The number of amides is 1. The Labute approximate surface area is 133 Å². The maximum Gasteiger partial charge on any atom is 0.314 e. The zero-order valence-electron chi connectivity index (χ0n) is 12.0. The lowest BCUT2D eigenvalue weighted by atomic mass is 9.79. The first kappa shape index (κ1) is 16.0. The van der Waals surface area contributed by atoms with E-state index in [1.54, 1.807) is 54.6 Å². The molecule has 22 heavy (non-hydrogen) atoms. The molecule has 114 valence electrons. The number of nitrogens with one attached hydrogen (secondary N) is 1. The van der Waals surface area contributed by atoms with Gasteiger partial charge in [0, 0.05) is 6.42 Å². The van der Waals surface area contributed by atoms with Crippen LogP contribution in [-0.4, -0.2) is 17.0 Å². The van der Waals surface area contributed by atoms with Gasteiger partial charge in [0.15, 0.2) is 0 Å². The van der Waals surface area contributed by atoms with Crippen molar-refractivity contribution in [3.05, 3.63) is 65.2 Å². The molecule has 0 aliphatic rings. The zero-order valence-corrected chi connectivity index (χ0v) is 12.8. The average Bonchev–Trinajstić information content (AvgIpc) is 2.50. The molecule has 1 atom stereocenters. The molecule has 2 aromatic rings. The molecule has 4 nitrogen and oxygen atoms in total. The van der Waals surface area contributed by atoms with Gasteiger partial charge in [0.2, 0.25) is 5.91 Å². The second-order valence-electron chi connectivity index (χ2n) is 5.21. The summed E-state index contributed by atoms with van der Waals surface area (Å²) in [6.07, 6.45) is -0.183. The van der Waals surface area contributed by atoms with Crippen molar-refractivity contribution in [3.63, 3.8) is 0 Å². The lowest BCUT2D eigenvalue weighted by molar-refractivity contribution is -0.145. The molecule has 0 heterocycles. The highest BCUT2D eigenvalue weighted by atomic mass is 35.5. The Bertz CT molecular complexity index is 687. The molecule has 0 saturated carbocycles. The maximum absolute atomic E-state index is 12.2. The fraction of sp³-hybridized carbons (Fsp3) is 0.176. The summed E-state index contributed by atoms with van der Waals surface area (Å²) in [7, 11) is 0. The van der Waals surface area contributed by atoms with E-state index in [-0.39, 0.29) is 6.42 Å². The van der Waals surface area contributed by atoms with Gasteiger partial charge in [-0.3, -0.25) is 9.59 Å². The van der Waals surface area contributed by atoms with E-state index in [1.807, 2.05) is 0 Å². The number of hydrogen-bond donors (Lipinski definition) is 2. The molecular weight excluding hydrogens is 302 g/mol. The molecule has 0 aliphatic heterocycles. The lowest BCUT2D eigenvalue weighted by Crippen LogP contribution is -2.36. The minimum Gasteiger partial charge on any atom is -0.481 e. The van der Waals surface area contributed by atoms with Crippen molar-refractivity contribution < 1.29 is 14.7 Å². The van der Waals surface area contributed by atoms with E-state index in [1.165, 1.54) is 6.92 Å². The zero-order chi connectivity index (χ0) is 16.2. The number of carbonyl (C=O) groups excluding carboxylic acids is 1. The quantitative estimate of drug-likeness (QED) is 0.883. The Morgan fingerprint density at radius 3 is 2.27 bits per heavy atom. The summed E-state index contributed by atoms with van der Waals surface area (Å²) in [6, 6.07) is 15.5. The third-order valence-electron chi connectivity index (χ3n) is 3.55. The summed E-state index contributed by atoms with van der Waals surface area (Å²) in [6.45, 7) is 1.54. The first-order valence-corrected chi connectivity index (χ1v) is 7.14. The van der Waals surface area contributed by atoms with Crippen LogP contribution in [0.3, 0.4) is 0 Å². The van der Waals surface area contributed by atoms with Crippen molar-refractivity contribution in [2.45, 2.75) is 18.8 Å². The molecule has 2 aromatic carbocycles. The van der Waals surface area contributed by atoms with Gasteiger partial charge in [0.05, 0.1) is 16.1 Å². The molecule has 0 bridgehead atoms. The Morgan fingerprint density at radius 1 is 1.09 bits per heavy atom. The molecule has 0 radical (unpaired) electrons. The summed E-state index contributed by atoms with van der Waals surface area (Å²) in [4.78, 5) is 23.9. The van der Waals surface area contributed by atoms with E-state index < -0.39 is 17.3 Å². The van der Waals surface area contributed by atoms with Gasteiger partial charge in [-0.15, -0.1) is 0 Å². The number of rotatable bonds is 5. The van der Waals surface area contributed by atoms with Gasteiger partial charge in [0.1, 0.15) is 0 Å². The van der Waals surface area contributed by atoms with Gasteiger partial charge in [-0.05, 0) is 24.6 Å². The summed E-state index contributed by atoms with van der Waals surface area (Å²) in [5.74, 6) is -1.45. The molecule has 1 amide bonds. The van der Waals surface area contributed by atoms with E-state index in [0.29, 0.717) is 16.3 Å². The van der Waals surface area contributed by atoms with E-state index in [2.05, 4.69) is 5.32 Å². The van der Waals surface area contributed by atoms with E-state index in [9.17, 15) is 14.7 Å². The third-order valence-corrected chi connectivity index (χ3v) is 3.87. The van der Waals surface area contributed by atoms with Crippen molar-refractivity contribution in [2.24, 2.45) is 0 Å². The number of para-hydroxylation sites is 1. The van der Waals surface area contributed by atoms with Crippen LogP contribution in [0.2, 0.25) is 5.02 Å². The van der Waals surface area contributed by atoms with Crippen molar-refractivity contribution in [1.82, 2.24) is 0 Å². The highest BCUT2D eigenvalue weighted by Gasteiger charge is 2.37. The number of aliphatic carboxylic acids is 1. The van der Waals surface area contributed by atoms with Crippen LogP contribution in [-0.2, 0) is 15.0 Å². The normalized spacial score (nSPS) is 13.2. The highest BCUT2D eigenvalue weighted by molar-refractivity contribution is 6.33. The first-order valence-electron chi connectivity index (χ1n) is 6.77. The molecule has 2 N–H and O–H groups in total. The topological polar surface area (TPSA) is 66.4 Å². The van der Waals surface area contributed by atoms with Crippen LogP contribution in [0.5, 0.6) is 0 Å². The van der Waals surface area contributed by atoms with Crippen molar-refractivity contribution >= 4 is 29.2 Å². The van der Waals surface area contributed by atoms with Crippen molar-refractivity contribution in [2.75, 3.05) is 5.32 Å². The Balaban J connectivity index is 2.20. The number of hydrogen-bond acceptors (Lipinski definition) is 2. The minimum absolute atomic E-state index is 0.183. The predicted molar refractivity (Wildman–Crippen MR) is 86.1 cm³/mol. The highest BCUT2D eigenvalue weighted by Crippen LogP contribution is 2.29. The molecule has 0 unspecified atom stereocenters. The van der Waals surface area contributed by atoms with E-state index in [4.69, 9.17) is 11.6 Å². The van der Waals surface area contributed by atoms with Gasteiger partial charge < -0.3 is 10.4 Å². The standard InChI is InChI=1S/C17H16ClNO3/c1-17(16(21)22,12-7-3-2-4-8-12)11-15(20)19-14-10-6-5-9-13(14)18/h2-10H,11H2,1H3,(H,19,20)(H,21,22)/t17-/m0/s1. The summed E-state index contributed by atoms with van der Waals surface area (Å²) in [5, 5.41) is 12.6. The third kappa shape index (κ3) is 3.46. The minimum atomic E-state index is -1.30. The fourth-order valence-corrected chi connectivity index (χ4v) is 2.37. The molecule has 0 fully saturated rings. The number of carbonyl (C=O) groups is 2. The number of carboxylic acids is 1. The predicted octanol–water partition coefficient (Wildman–Crippen LogP) is 3.71. The van der Waals surface area contributed by atoms with Crippen LogP contribution >= 0.6 is 11.6 Å². The number of carboxylic acid groups (broad SMARTS) is 1. The molecule has 0 aliphatic carbocycles. The molecule has 0 spiro atoms. The first-order chi connectivity index (χ1) is 10.4. The molecule has 5 heteroatoms. The molecule has 0 saturated heterocycles. The molecule has 2 rings (SSSR count). The average molecular weight is 318 g/mol. The van der Waals surface area contributed by atoms with Gasteiger partial charge in [-0.2, -0.15) is 0 Å². The van der Waals surface area contributed by atoms with Crippen LogP contribution in [0.25, 0.3) is 0 Å². The number of benzene rings is 2. The Morgan fingerprint density at radius 2 is 1.68 bits per heavy atom. The maximum atomic E-state index is 12.2. The summed E-state index contributed by atoms with van der Waals surface area (Å²) < 4.78 is 0. The Kier molecular flexibility index (Phi) is 4.83. The number of halogens is 1. The van der Waals surface area contributed by atoms with Gasteiger partial charge in [-0.25, -0.2) is 0 Å². The Hall–Kier alpha value is -2.33. The van der Waals surface area contributed by atoms with Crippen LogP contribution in [0.4, 0.5) is 5.69 Å². The second kappa shape index (κ2) is 6.62. The lowest BCUT2D eigenvalue weighted by Gasteiger charge is -2.24. The fourth-order valence-electron chi connectivity index (χ4n) is 2.19. The molecular formula is C17H16ClNO3. The smallest absolute Gasteiger partial charge is 0.314 e. The SMILES string of the molecule is C[C@@](CC(=O)Nc1ccccc1Cl)(C(=O)O)c1ccccc1. The second-order valence-corrected chi connectivity index (χ2v) is 5.62. The van der Waals surface area contributed by atoms with Crippen LogP contribution < -0.4 is 5.32 Å². The van der Waals surface area contributed by atoms with Crippen LogP contribution in [0.1, 0.15) is 18.9 Å². The van der Waals surface area contributed by atoms with Gasteiger partial charge in [0.25, 0.3) is 0 Å². The summed E-state index contributed by atoms with van der Waals surface area (Å²) in [5.41, 5.74) is -0.251. The van der Waals surface area contributed by atoms with Crippen molar-refractivity contribution in [3.8, 4) is 0 Å². The van der Waals surface area contributed by atoms with Crippen LogP contribution in [0, 0.1) is 0 Å².